The largest absolute Gasteiger partial charge is 0.500 e. The maximum Gasteiger partial charge on any atom is 0.500 e. The van der Waals surface area contributed by atoms with Gasteiger partial charge in [-0.2, -0.15) is 0 Å². The molecule has 0 unspecified atom stereocenters. The van der Waals surface area contributed by atoms with Crippen molar-refractivity contribution in [1.29, 1.82) is 0 Å². The van der Waals surface area contributed by atoms with Gasteiger partial charge in [0.15, 0.2) is 5.91 Å². The molecule has 0 rings (SSSR count). The number of unbranched alkanes of at least 4 members (excludes halogenated alkanes) is 3. The molecule has 28 heavy (non-hydrogen) atoms. The maximum atomic E-state index is 12.2. The quantitative estimate of drug-likeness (QED) is 0.132. The first kappa shape index (κ1) is 28.9. The third-order valence-electron chi connectivity index (χ3n) is 4.75. The Morgan fingerprint density at radius 3 is 1.54 bits per heavy atom. The monoisotopic (exact) mass is 691 g/mol. The molecule has 0 saturated heterocycles. The molecule has 0 atom stereocenters. The Bertz CT molecular complexity index is 383. The summed E-state index contributed by atoms with van der Waals surface area (Å²) < 4.78 is 32.3. The van der Waals surface area contributed by atoms with Gasteiger partial charge in [0.1, 0.15) is 0 Å². The molecule has 0 heterocycles. The van der Waals surface area contributed by atoms with Crippen LogP contribution in [0.15, 0.2) is 0 Å². The molecule has 0 saturated carbocycles. The minimum absolute atomic E-state index is 0. The van der Waals surface area contributed by atoms with Crippen molar-refractivity contribution < 1.29 is 31.4 Å². The zero-order valence-electron chi connectivity index (χ0n) is 18.6. The summed E-state index contributed by atoms with van der Waals surface area (Å²) in [5, 5.41) is 0. The standard InChI is InChI=1S/C17H38NO7Si2.Rf/c1-18(17(19)13-12-16-27(23-5,24-6)25-7)14-10-8-9-11-15-26(20-2,21-3)22-4;/h1,8-16H2,2-7H3;/q-1;. The van der Waals surface area contributed by atoms with Gasteiger partial charge in [-0.15, -0.1) is 0 Å². The van der Waals surface area contributed by atoms with Crippen LogP contribution in [0, 0.1) is 7.05 Å². The first-order valence-corrected chi connectivity index (χ1v) is 13.2. The van der Waals surface area contributed by atoms with E-state index in [4.69, 9.17) is 26.6 Å². The van der Waals surface area contributed by atoms with Crippen LogP contribution in [0.5, 0.6) is 0 Å². The van der Waals surface area contributed by atoms with Crippen molar-refractivity contribution in [2.75, 3.05) is 49.2 Å². The topological polar surface area (TPSA) is 75.7 Å². The molecule has 11 heteroatoms. The summed E-state index contributed by atoms with van der Waals surface area (Å²) in [7, 11) is 8.41. The number of hydrogen-bond acceptors (Lipinski definition) is 7. The molecule has 0 aliphatic rings. The molecule has 0 radical (unpaired) electrons. The second-order valence-electron chi connectivity index (χ2n) is 6.27. The van der Waals surface area contributed by atoms with Gasteiger partial charge < -0.3 is 31.5 Å². The van der Waals surface area contributed by atoms with E-state index in [0.717, 1.165) is 31.7 Å². The molecular formula is C17H38NO7RfSi2-. The average Bonchev–Trinajstić information content (AvgIpc) is 2.71. The van der Waals surface area contributed by atoms with Crippen molar-refractivity contribution in [3.63, 3.8) is 0 Å². The number of carbonyl (C=O) groups is 1. The Labute approximate surface area is 167 Å². The summed E-state index contributed by atoms with van der Waals surface area (Å²) in [5.74, 6) is 0.0331. The molecule has 1 amide bonds. The van der Waals surface area contributed by atoms with Crippen molar-refractivity contribution in [3.8, 4) is 0 Å². The summed E-state index contributed by atoms with van der Waals surface area (Å²) in [6.07, 6.45) is 5.03. The summed E-state index contributed by atoms with van der Waals surface area (Å²) >= 11 is 0. The fourth-order valence-corrected chi connectivity index (χ4v) is 6.37. The van der Waals surface area contributed by atoms with Gasteiger partial charge in [0.2, 0.25) is 0 Å². The van der Waals surface area contributed by atoms with E-state index < -0.39 is 17.6 Å². The molecule has 164 valence electrons. The average molecular weight is 692 g/mol. The first-order valence-electron chi connectivity index (χ1n) is 9.30. The Morgan fingerprint density at radius 2 is 1.11 bits per heavy atom. The van der Waals surface area contributed by atoms with Gasteiger partial charge in [0, 0.05) is 61.2 Å². The Morgan fingerprint density at radius 1 is 0.714 bits per heavy atom. The second-order valence-corrected chi connectivity index (χ2v) is 12.4. The van der Waals surface area contributed by atoms with Crippen molar-refractivity contribution >= 4 is 23.5 Å². The first-order chi connectivity index (χ1) is 12.9. The van der Waals surface area contributed by atoms with Crippen molar-refractivity contribution in [2.45, 2.75) is 50.6 Å². The Hall–Kier alpha value is -1.34. The number of carbonyl (C=O) groups excluding carboxylic acids is 1. The second kappa shape index (κ2) is 15.6. The van der Waals surface area contributed by atoms with Crippen LogP contribution < -0.4 is 0 Å². The van der Waals surface area contributed by atoms with Crippen LogP contribution in [0.3, 0.4) is 0 Å². The SMILES string of the molecule is [CH2-]N(CCCCCC[Si](OC)(OC)OC)C(=O)CCC[Si](OC)(OC)OC.[Rf]. The van der Waals surface area contributed by atoms with Crippen LogP contribution in [0.1, 0.15) is 38.5 Å². The van der Waals surface area contributed by atoms with E-state index in [1.165, 1.54) is 0 Å². The van der Waals surface area contributed by atoms with Gasteiger partial charge in [-0.05, 0) is 25.8 Å². The minimum Gasteiger partial charge on any atom is -0.496 e. The number of hydrogen-bond donors (Lipinski definition) is 0. The number of amides is 1. The normalized spacial score (nSPS) is 12.0. The molecule has 0 aromatic rings. The molecule has 0 aliphatic heterocycles. The van der Waals surface area contributed by atoms with Gasteiger partial charge >= 0.3 is 17.6 Å². The Balaban J connectivity index is 0. The smallest absolute Gasteiger partial charge is 0.496 e. The van der Waals surface area contributed by atoms with Gasteiger partial charge in [-0.25, -0.2) is 0 Å². The van der Waals surface area contributed by atoms with E-state index in [1.807, 2.05) is 0 Å². The zero-order valence-corrected chi connectivity index (χ0v) is 27.0. The third kappa shape index (κ3) is 9.74. The number of nitrogens with zero attached hydrogens (tertiary/aromatic N) is 1. The Kier molecular flexibility index (Phi) is 16.1. The minimum atomic E-state index is -2.60. The zero-order chi connectivity index (χ0) is 20.8. The molecule has 0 N–H and O–H groups in total. The molecule has 8 nitrogen and oxygen atoms in total. The summed E-state index contributed by atoms with van der Waals surface area (Å²) in [4.78, 5) is 13.7. The van der Waals surface area contributed by atoms with Crippen LogP contribution in [0.2, 0.25) is 12.1 Å². The van der Waals surface area contributed by atoms with E-state index in [0.29, 0.717) is 25.4 Å². The van der Waals surface area contributed by atoms with Gasteiger partial charge in [-0.3, -0.25) is 11.8 Å². The predicted molar refractivity (Wildman–Crippen MR) is 108 cm³/mol. The molecule has 0 aromatic carbocycles. The van der Waals surface area contributed by atoms with E-state index in [-0.39, 0.29) is 5.91 Å². The van der Waals surface area contributed by atoms with E-state index in [9.17, 15) is 4.79 Å². The van der Waals surface area contributed by atoms with Crippen LogP contribution in [-0.4, -0.2) is 77.6 Å². The van der Waals surface area contributed by atoms with Crippen LogP contribution in [0.25, 0.3) is 0 Å². The molecule has 0 aliphatic carbocycles. The maximum absolute atomic E-state index is 12.2. The molecular weight excluding hydrogens is 653 g/mol. The third-order valence-corrected chi connectivity index (χ3v) is 10.4. The van der Waals surface area contributed by atoms with Gasteiger partial charge in [0.25, 0.3) is 0 Å². The van der Waals surface area contributed by atoms with Crippen molar-refractivity contribution in [2.24, 2.45) is 0 Å². The van der Waals surface area contributed by atoms with Crippen LogP contribution in [-0.2, 0) is 31.4 Å². The number of rotatable bonds is 17. The molecule has 0 bridgehead atoms. The molecule has 0 spiro atoms. The van der Waals surface area contributed by atoms with E-state index >= 15 is 0 Å². The van der Waals surface area contributed by atoms with Gasteiger partial charge in [-0.1, -0.05) is 12.8 Å². The summed E-state index contributed by atoms with van der Waals surface area (Å²) in [6.45, 7) is 0.654. The fourth-order valence-electron chi connectivity index (χ4n) is 2.85. The van der Waals surface area contributed by atoms with Crippen molar-refractivity contribution in [3.05, 3.63) is 7.05 Å². The van der Waals surface area contributed by atoms with Crippen LogP contribution in [0.4, 0.5) is 0 Å². The molecule has 0 aromatic heterocycles. The fraction of sp³-hybridized carbons (Fsp3) is 0.882. The van der Waals surface area contributed by atoms with Crippen molar-refractivity contribution in [1.82, 2.24) is 4.90 Å². The summed E-state index contributed by atoms with van der Waals surface area (Å²) in [5.41, 5.74) is 0. The van der Waals surface area contributed by atoms with E-state index in [2.05, 4.69) is 7.05 Å². The summed E-state index contributed by atoms with van der Waals surface area (Å²) in [6, 6.07) is 1.41. The predicted octanol–water partition coefficient (Wildman–Crippen LogP) is 2.70. The van der Waals surface area contributed by atoms with E-state index in [1.54, 1.807) is 47.6 Å². The molecule has 0 fully saturated rings. The van der Waals surface area contributed by atoms with Gasteiger partial charge in [0.05, 0.1) is 0 Å². The van der Waals surface area contributed by atoms with Crippen LogP contribution >= 0.6 is 0 Å².